The molecule has 0 spiro atoms. The second-order valence-corrected chi connectivity index (χ2v) is 7.87. The van der Waals surface area contributed by atoms with Gasteiger partial charge in [-0.05, 0) is 45.7 Å². The van der Waals surface area contributed by atoms with Gasteiger partial charge in [0.25, 0.3) is 5.91 Å². The summed E-state index contributed by atoms with van der Waals surface area (Å²) in [5.41, 5.74) is 2.73. The highest BCUT2D eigenvalue weighted by Gasteiger charge is 2.23. The van der Waals surface area contributed by atoms with Gasteiger partial charge in [0.05, 0.1) is 16.5 Å². The summed E-state index contributed by atoms with van der Waals surface area (Å²) in [6.07, 6.45) is 5.46. The first-order chi connectivity index (χ1) is 13.4. The van der Waals surface area contributed by atoms with E-state index in [1.165, 1.54) is 11.3 Å². The van der Waals surface area contributed by atoms with Crippen molar-refractivity contribution in [1.82, 2.24) is 34.3 Å². The predicted molar refractivity (Wildman–Crippen MR) is 109 cm³/mol. The standard InChI is InChI=1S/C19H23N7OS/c1-6-24(7-2)19(27)15-12(4)14-17-22-16(13(5)25-9-11(3)8-21-25)23-26(17)10-20-18(14)28-15/h8-10,13H,6-7H2,1-5H3. The van der Waals surface area contributed by atoms with Crippen LogP contribution in [0.5, 0.6) is 0 Å². The fourth-order valence-electron chi connectivity index (χ4n) is 3.35. The molecule has 146 valence electrons. The summed E-state index contributed by atoms with van der Waals surface area (Å²) in [5, 5.41) is 9.87. The Hall–Kier alpha value is -2.81. The van der Waals surface area contributed by atoms with Crippen LogP contribution in [0.3, 0.4) is 0 Å². The number of thiophene rings is 1. The van der Waals surface area contributed by atoms with Crippen LogP contribution in [0.1, 0.15) is 53.4 Å². The number of aryl methyl sites for hydroxylation is 2. The van der Waals surface area contributed by atoms with Crippen molar-refractivity contribution in [3.63, 3.8) is 0 Å². The lowest BCUT2D eigenvalue weighted by Gasteiger charge is -2.17. The van der Waals surface area contributed by atoms with E-state index in [0.717, 1.165) is 31.9 Å². The Morgan fingerprint density at radius 1 is 1.29 bits per heavy atom. The fourth-order valence-corrected chi connectivity index (χ4v) is 4.46. The normalized spacial score (nSPS) is 12.8. The summed E-state index contributed by atoms with van der Waals surface area (Å²) in [5.74, 6) is 0.711. The third kappa shape index (κ3) is 2.86. The van der Waals surface area contributed by atoms with Crippen molar-refractivity contribution >= 4 is 33.1 Å². The molecule has 28 heavy (non-hydrogen) atoms. The average molecular weight is 398 g/mol. The zero-order valence-corrected chi connectivity index (χ0v) is 17.5. The number of rotatable bonds is 5. The van der Waals surface area contributed by atoms with Crippen LogP contribution in [0, 0.1) is 13.8 Å². The number of amides is 1. The van der Waals surface area contributed by atoms with Crippen LogP contribution in [0.25, 0.3) is 15.9 Å². The Kier molecular flexibility index (Phi) is 4.62. The Balaban J connectivity index is 1.83. The highest BCUT2D eigenvalue weighted by Crippen LogP contribution is 2.33. The number of aromatic nitrogens is 6. The molecule has 0 radical (unpaired) electrons. The summed E-state index contributed by atoms with van der Waals surface area (Å²) < 4.78 is 3.54. The van der Waals surface area contributed by atoms with Gasteiger partial charge >= 0.3 is 0 Å². The minimum atomic E-state index is -0.0978. The van der Waals surface area contributed by atoms with E-state index in [9.17, 15) is 4.79 Å². The maximum absolute atomic E-state index is 12.9. The van der Waals surface area contributed by atoms with E-state index in [0.29, 0.717) is 18.9 Å². The molecule has 4 aromatic rings. The molecule has 1 atom stereocenters. The van der Waals surface area contributed by atoms with Gasteiger partial charge in [-0.1, -0.05) is 0 Å². The molecule has 4 aromatic heterocycles. The number of fused-ring (bicyclic) bond motifs is 3. The van der Waals surface area contributed by atoms with Crippen LogP contribution in [0.4, 0.5) is 0 Å². The largest absolute Gasteiger partial charge is 0.338 e. The summed E-state index contributed by atoms with van der Waals surface area (Å²) in [4.78, 5) is 25.5. The van der Waals surface area contributed by atoms with Crippen LogP contribution in [0.15, 0.2) is 18.7 Å². The lowest BCUT2D eigenvalue weighted by Crippen LogP contribution is -2.30. The van der Waals surface area contributed by atoms with Crippen molar-refractivity contribution in [3.05, 3.63) is 40.5 Å². The highest BCUT2D eigenvalue weighted by atomic mass is 32.1. The average Bonchev–Trinajstić information content (AvgIpc) is 3.38. The summed E-state index contributed by atoms with van der Waals surface area (Å²) in [7, 11) is 0. The van der Waals surface area contributed by atoms with Crippen molar-refractivity contribution in [2.45, 2.75) is 40.7 Å². The van der Waals surface area contributed by atoms with Gasteiger partial charge < -0.3 is 4.90 Å². The molecule has 0 N–H and O–H groups in total. The van der Waals surface area contributed by atoms with Gasteiger partial charge in [-0.3, -0.25) is 9.48 Å². The van der Waals surface area contributed by atoms with Crippen molar-refractivity contribution in [2.24, 2.45) is 0 Å². The molecule has 1 amide bonds. The molecule has 8 nitrogen and oxygen atoms in total. The lowest BCUT2D eigenvalue weighted by molar-refractivity contribution is 0.0777. The number of hydrogen-bond acceptors (Lipinski definition) is 6. The van der Waals surface area contributed by atoms with Crippen LogP contribution < -0.4 is 0 Å². The topological polar surface area (TPSA) is 81.2 Å². The van der Waals surface area contributed by atoms with Crippen molar-refractivity contribution in [3.8, 4) is 0 Å². The second-order valence-electron chi connectivity index (χ2n) is 6.87. The van der Waals surface area contributed by atoms with Gasteiger partial charge in [0.1, 0.15) is 17.2 Å². The molecular formula is C19H23N7OS. The Morgan fingerprint density at radius 3 is 2.68 bits per heavy atom. The molecule has 0 fully saturated rings. The van der Waals surface area contributed by atoms with E-state index in [-0.39, 0.29) is 11.9 Å². The summed E-state index contributed by atoms with van der Waals surface area (Å²) in [6.45, 7) is 11.3. The highest BCUT2D eigenvalue weighted by molar-refractivity contribution is 7.20. The third-order valence-electron chi connectivity index (χ3n) is 5.03. The lowest BCUT2D eigenvalue weighted by atomic mass is 10.2. The maximum atomic E-state index is 12.9. The van der Waals surface area contributed by atoms with Crippen LogP contribution >= 0.6 is 11.3 Å². The first kappa shape index (κ1) is 18.5. The van der Waals surface area contributed by atoms with Crippen LogP contribution in [0.2, 0.25) is 0 Å². The monoisotopic (exact) mass is 397 g/mol. The molecule has 0 aromatic carbocycles. The van der Waals surface area contributed by atoms with Crippen molar-refractivity contribution in [2.75, 3.05) is 13.1 Å². The maximum Gasteiger partial charge on any atom is 0.264 e. The van der Waals surface area contributed by atoms with Gasteiger partial charge in [-0.15, -0.1) is 16.4 Å². The summed E-state index contributed by atoms with van der Waals surface area (Å²) >= 11 is 1.42. The van der Waals surface area contributed by atoms with Gasteiger partial charge in [-0.2, -0.15) is 5.10 Å². The quantitative estimate of drug-likeness (QED) is 0.516. The minimum Gasteiger partial charge on any atom is -0.338 e. The Morgan fingerprint density at radius 2 is 2.04 bits per heavy atom. The van der Waals surface area contributed by atoms with E-state index < -0.39 is 0 Å². The van der Waals surface area contributed by atoms with E-state index in [2.05, 4.69) is 15.2 Å². The Bertz CT molecular complexity index is 1170. The first-order valence-electron chi connectivity index (χ1n) is 9.39. The van der Waals surface area contributed by atoms with Gasteiger partial charge in [-0.25, -0.2) is 14.5 Å². The zero-order valence-electron chi connectivity index (χ0n) is 16.7. The molecule has 0 aliphatic rings. The molecule has 4 rings (SSSR count). The van der Waals surface area contributed by atoms with E-state index in [1.54, 1.807) is 10.8 Å². The SMILES string of the molecule is CCN(CC)C(=O)c1sc2ncn3nc(C(C)n4cc(C)cn4)nc3c2c1C. The van der Waals surface area contributed by atoms with E-state index >= 15 is 0 Å². The molecule has 0 bridgehead atoms. The molecule has 9 heteroatoms. The smallest absolute Gasteiger partial charge is 0.264 e. The van der Waals surface area contributed by atoms with E-state index in [4.69, 9.17) is 4.98 Å². The first-order valence-corrected chi connectivity index (χ1v) is 10.2. The molecule has 1 unspecified atom stereocenters. The molecule has 0 aliphatic carbocycles. The number of carbonyl (C=O) groups excluding carboxylic acids is 1. The molecule has 0 saturated carbocycles. The van der Waals surface area contributed by atoms with Crippen LogP contribution in [-0.2, 0) is 0 Å². The van der Waals surface area contributed by atoms with Gasteiger partial charge in [0.15, 0.2) is 11.5 Å². The second kappa shape index (κ2) is 6.97. The fraction of sp³-hybridized carbons (Fsp3) is 0.421. The predicted octanol–water partition coefficient (Wildman–Crippen LogP) is 3.24. The number of hydrogen-bond donors (Lipinski definition) is 0. The van der Waals surface area contributed by atoms with Crippen molar-refractivity contribution < 1.29 is 4.79 Å². The zero-order chi connectivity index (χ0) is 20.0. The molecule has 4 heterocycles. The molecule has 0 saturated heterocycles. The molecular weight excluding hydrogens is 374 g/mol. The summed E-state index contributed by atoms with van der Waals surface area (Å²) in [6, 6.07) is -0.0978. The third-order valence-corrected chi connectivity index (χ3v) is 6.22. The number of nitrogens with zero attached hydrogens (tertiary/aromatic N) is 7. The van der Waals surface area contributed by atoms with Crippen molar-refractivity contribution in [1.29, 1.82) is 0 Å². The minimum absolute atomic E-state index is 0.0452. The van der Waals surface area contributed by atoms with Gasteiger partial charge in [0.2, 0.25) is 0 Å². The van der Waals surface area contributed by atoms with Crippen LogP contribution in [-0.4, -0.2) is 53.3 Å². The van der Waals surface area contributed by atoms with Gasteiger partial charge in [0, 0.05) is 19.3 Å². The molecule has 0 aliphatic heterocycles. The van der Waals surface area contributed by atoms with E-state index in [1.807, 2.05) is 56.6 Å². The Labute approximate surface area is 166 Å². The number of carbonyl (C=O) groups is 1.